The molecule has 6 nitrogen and oxygen atoms in total. The van der Waals surface area contributed by atoms with Crippen molar-refractivity contribution in [3.8, 4) is 0 Å². The average Bonchev–Trinajstić information content (AvgIpc) is 2.90. The molecule has 0 spiro atoms. The fourth-order valence-corrected chi connectivity index (χ4v) is 1.79. The SMILES string of the molecule is Nc1ccc(C(=O)OCC(=O)N2CCCC2)nc1. The molecule has 1 amide bonds. The lowest BCUT2D eigenvalue weighted by molar-refractivity contribution is -0.133. The Kier molecular flexibility index (Phi) is 3.76. The van der Waals surface area contributed by atoms with Crippen LogP contribution < -0.4 is 5.73 Å². The Morgan fingerprint density at radius 1 is 1.33 bits per heavy atom. The summed E-state index contributed by atoms with van der Waals surface area (Å²) in [5, 5.41) is 0. The van der Waals surface area contributed by atoms with Crippen LogP contribution in [0.5, 0.6) is 0 Å². The monoisotopic (exact) mass is 249 g/mol. The van der Waals surface area contributed by atoms with Crippen molar-refractivity contribution in [3.05, 3.63) is 24.0 Å². The van der Waals surface area contributed by atoms with Crippen LogP contribution in [0.15, 0.2) is 18.3 Å². The third-order valence-electron chi connectivity index (χ3n) is 2.78. The number of esters is 1. The summed E-state index contributed by atoms with van der Waals surface area (Å²) in [5.74, 6) is -0.765. The fourth-order valence-electron chi connectivity index (χ4n) is 1.79. The molecule has 6 heteroatoms. The van der Waals surface area contributed by atoms with Crippen LogP contribution in [0.3, 0.4) is 0 Å². The van der Waals surface area contributed by atoms with Gasteiger partial charge in [0.15, 0.2) is 6.61 Å². The molecule has 1 aromatic heterocycles. The van der Waals surface area contributed by atoms with E-state index in [-0.39, 0.29) is 18.2 Å². The molecule has 2 N–H and O–H groups in total. The van der Waals surface area contributed by atoms with Crippen LogP contribution in [0.2, 0.25) is 0 Å². The number of pyridine rings is 1. The van der Waals surface area contributed by atoms with Gasteiger partial charge in [0.2, 0.25) is 0 Å². The number of likely N-dealkylation sites (tertiary alicyclic amines) is 1. The van der Waals surface area contributed by atoms with Crippen molar-refractivity contribution >= 4 is 17.6 Å². The van der Waals surface area contributed by atoms with E-state index in [1.807, 2.05) is 0 Å². The Hall–Kier alpha value is -2.11. The standard InChI is InChI=1S/C12H15N3O3/c13-9-3-4-10(14-7-9)12(17)18-8-11(16)15-5-1-2-6-15/h3-4,7H,1-2,5-6,8,13H2. The van der Waals surface area contributed by atoms with Gasteiger partial charge in [-0.15, -0.1) is 0 Å². The lowest BCUT2D eigenvalue weighted by atomic mass is 10.3. The summed E-state index contributed by atoms with van der Waals surface area (Å²) >= 11 is 0. The molecule has 1 fully saturated rings. The summed E-state index contributed by atoms with van der Waals surface area (Å²) in [4.78, 5) is 28.7. The van der Waals surface area contributed by atoms with E-state index in [1.165, 1.54) is 12.3 Å². The van der Waals surface area contributed by atoms with Gasteiger partial charge in [0.1, 0.15) is 5.69 Å². The minimum Gasteiger partial charge on any atom is -0.451 e. The molecule has 0 saturated carbocycles. The van der Waals surface area contributed by atoms with Gasteiger partial charge in [-0.05, 0) is 25.0 Å². The minimum atomic E-state index is -0.609. The van der Waals surface area contributed by atoms with Crippen molar-refractivity contribution in [2.75, 3.05) is 25.4 Å². The highest BCUT2D eigenvalue weighted by Gasteiger charge is 2.19. The van der Waals surface area contributed by atoms with Crippen LogP contribution in [0.1, 0.15) is 23.3 Å². The first-order valence-electron chi connectivity index (χ1n) is 5.83. The van der Waals surface area contributed by atoms with Crippen molar-refractivity contribution < 1.29 is 14.3 Å². The van der Waals surface area contributed by atoms with E-state index in [1.54, 1.807) is 11.0 Å². The molecule has 96 valence electrons. The first-order chi connectivity index (χ1) is 8.66. The molecule has 0 atom stereocenters. The number of carbonyl (C=O) groups excluding carboxylic acids is 2. The molecular formula is C12H15N3O3. The van der Waals surface area contributed by atoms with Gasteiger partial charge in [0.05, 0.1) is 11.9 Å². The van der Waals surface area contributed by atoms with Crippen molar-refractivity contribution in [2.24, 2.45) is 0 Å². The lowest BCUT2D eigenvalue weighted by Crippen LogP contribution is -2.32. The van der Waals surface area contributed by atoms with E-state index in [0.29, 0.717) is 5.69 Å². The molecular weight excluding hydrogens is 234 g/mol. The maximum absolute atomic E-state index is 11.6. The molecule has 1 aromatic rings. The second-order valence-corrected chi connectivity index (χ2v) is 4.14. The average molecular weight is 249 g/mol. The van der Waals surface area contributed by atoms with Crippen LogP contribution in [-0.2, 0) is 9.53 Å². The van der Waals surface area contributed by atoms with Gasteiger partial charge in [-0.3, -0.25) is 4.79 Å². The van der Waals surface area contributed by atoms with Gasteiger partial charge in [-0.1, -0.05) is 0 Å². The number of nitrogens with zero attached hydrogens (tertiary/aromatic N) is 2. The van der Waals surface area contributed by atoms with E-state index >= 15 is 0 Å². The number of aromatic nitrogens is 1. The number of rotatable bonds is 3. The Labute approximate surface area is 105 Å². The van der Waals surface area contributed by atoms with Crippen LogP contribution in [0.25, 0.3) is 0 Å². The molecule has 0 radical (unpaired) electrons. The summed E-state index contributed by atoms with van der Waals surface area (Å²) in [6.45, 7) is 1.26. The Morgan fingerprint density at radius 3 is 2.67 bits per heavy atom. The number of amides is 1. The zero-order valence-corrected chi connectivity index (χ0v) is 9.96. The molecule has 2 heterocycles. The maximum Gasteiger partial charge on any atom is 0.357 e. The molecule has 1 aliphatic heterocycles. The molecule has 0 aromatic carbocycles. The highest BCUT2D eigenvalue weighted by atomic mass is 16.5. The zero-order chi connectivity index (χ0) is 13.0. The molecule has 0 unspecified atom stereocenters. The first kappa shape index (κ1) is 12.3. The Morgan fingerprint density at radius 2 is 2.06 bits per heavy atom. The first-order valence-corrected chi connectivity index (χ1v) is 5.83. The van der Waals surface area contributed by atoms with Crippen LogP contribution >= 0.6 is 0 Å². The topological polar surface area (TPSA) is 85.5 Å². The van der Waals surface area contributed by atoms with Gasteiger partial charge >= 0.3 is 5.97 Å². The molecule has 18 heavy (non-hydrogen) atoms. The molecule has 1 aliphatic rings. The number of anilines is 1. The van der Waals surface area contributed by atoms with Crippen LogP contribution in [0.4, 0.5) is 5.69 Å². The van der Waals surface area contributed by atoms with Gasteiger partial charge < -0.3 is 15.4 Å². The van der Waals surface area contributed by atoms with Crippen molar-refractivity contribution in [2.45, 2.75) is 12.8 Å². The summed E-state index contributed by atoms with van der Waals surface area (Å²) < 4.78 is 4.91. The molecule has 1 saturated heterocycles. The van der Waals surface area contributed by atoms with Gasteiger partial charge in [-0.25, -0.2) is 9.78 Å². The van der Waals surface area contributed by atoms with Crippen LogP contribution in [0, 0.1) is 0 Å². The maximum atomic E-state index is 11.6. The third-order valence-corrected chi connectivity index (χ3v) is 2.78. The predicted molar refractivity (Wildman–Crippen MR) is 64.7 cm³/mol. The number of hydrogen-bond acceptors (Lipinski definition) is 5. The van der Waals surface area contributed by atoms with Crippen LogP contribution in [-0.4, -0.2) is 41.5 Å². The number of nitrogen functional groups attached to an aromatic ring is 1. The molecule has 0 bridgehead atoms. The number of carbonyl (C=O) groups is 2. The van der Waals surface area contributed by atoms with Crippen molar-refractivity contribution in [3.63, 3.8) is 0 Å². The van der Waals surface area contributed by atoms with E-state index in [2.05, 4.69) is 4.98 Å². The lowest BCUT2D eigenvalue weighted by Gasteiger charge is -2.14. The van der Waals surface area contributed by atoms with E-state index in [0.717, 1.165) is 25.9 Å². The zero-order valence-electron chi connectivity index (χ0n) is 9.96. The van der Waals surface area contributed by atoms with Gasteiger partial charge in [0.25, 0.3) is 5.91 Å². The second-order valence-electron chi connectivity index (χ2n) is 4.14. The second kappa shape index (κ2) is 5.48. The van der Waals surface area contributed by atoms with Gasteiger partial charge in [0, 0.05) is 13.1 Å². The minimum absolute atomic E-state index is 0.151. The molecule has 0 aliphatic carbocycles. The Balaban J connectivity index is 1.84. The summed E-state index contributed by atoms with van der Waals surface area (Å²) in [7, 11) is 0. The third kappa shape index (κ3) is 2.97. The smallest absolute Gasteiger partial charge is 0.357 e. The number of hydrogen-bond donors (Lipinski definition) is 1. The predicted octanol–water partition coefficient (Wildman–Crippen LogP) is 0.443. The number of ether oxygens (including phenoxy) is 1. The summed E-state index contributed by atoms with van der Waals surface area (Å²) in [6.07, 6.45) is 3.40. The van der Waals surface area contributed by atoms with Crippen molar-refractivity contribution in [1.82, 2.24) is 9.88 Å². The quantitative estimate of drug-likeness (QED) is 0.786. The van der Waals surface area contributed by atoms with E-state index in [4.69, 9.17) is 10.5 Å². The Bertz CT molecular complexity index is 438. The van der Waals surface area contributed by atoms with Gasteiger partial charge in [-0.2, -0.15) is 0 Å². The summed E-state index contributed by atoms with van der Waals surface area (Å²) in [5.41, 5.74) is 6.08. The largest absolute Gasteiger partial charge is 0.451 e. The van der Waals surface area contributed by atoms with E-state index < -0.39 is 5.97 Å². The highest BCUT2D eigenvalue weighted by molar-refractivity contribution is 5.89. The fraction of sp³-hybridized carbons (Fsp3) is 0.417. The van der Waals surface area contributed by atoms with Crippen molar-refractivity contribution in [1.29, 1.82) is 0 Å². The highest BCUT2D eigenvalue weighted by Crippen LogP contribution is 2.08. The molecule has 2 rings (SSSR count). The summed E-state index contributed by atoms with van der Waals surface area (Å²) in [6, 6.07) is 3.03. The van der Waals surface area contributed by atoms with E-state index in [9.17, 15) is 9.59 Å². The normalized spacial score (nSPS) is 14.6. The number of nitrogens with two attached hydrogens (primary N) is 1.